The minimum atomic E-state index is -0.883. The number of likely N-dealkylation sites (tertiary alicyclic amines) is 1. The molecule has 2 amide bonds. The van der Waals surface area contributed by atoms with Crippen molar-refractivity contribution in [1.82, 2.24) is 14.8 Å². The third-order valence-corrected chi connectivity index (χ3v) is 5.18. The van der Waals surface area contributed by atoms with Crippen LogP contribution in [0.4, 0.5) is 0 Å². The number of hydrogen-bond acceptors (Lipinski definition) is 4. The molecule has 1 N–H and O–H groups in total. The first-order valence-electron chi connectivity index (χ1n) is 9.63. The molecule has 1 unspecified atom stereocenters. The topological polar surface area (TPSA) is 90.8 Å². The second-order valence-corrected chi connectivity index (χ2v) is 7.51. The standard InChI is InChI=1S/C22H25N3O4/c1-15-5-3-6-16(9-15)18-10-19(12-23-11-18)21(27)24(2)14-20(26)25-8-4-7-17(13-25)22(28)29/h3,5-6,9-12,17H,4,7-8,13-14H2,1-2H3,(H,28,29). The van der Waals surface area contributed by atoms with Crippen LogP contribution >= 0.6 is 0 Å². The van der Waals surface area contributed by atoms with Gasteiger partial charge in [0, 0.05) is 38.1 Å². The summed E-state index contributed by atoms with van der Waals surface area (Å²) in [6.45, 7) is 2.62. The fraction of sp³-hybridized carbons (Fsp3) is 0.364. The first-order chi connectivity index (χ1) is 13.8. The van der Waals surface area contributed by atoms with Crippen molar-refractivity contribution in [2.75, 3.05) is 26.7 Å². The molecular weight excluding hydrogens is 370 g/mol. The SMILES string of the molecule is Cc1cccc(-c2cncc(C(=O)N(C)CC(=O)N3CCCC(C(=O)O)C3)c2)c1. The van der Waals surface area contributed by atoms with Gasteiger partial charge in [-0.25, -0.2) is 0 Å². The van der Waals surface area contributed by atoms with E-state index in [-0.39, 0.29) is 24.9 Å². The second kappa shape index (κ2) is 8.86. The molecule has 7 nitrogen and oxygen atoms in total. The fourth-order valence-corrected chi connectivity index (χ4v) is 3.54. The quantitative estimate of drug-likeness (QED) is 0.840. The number of nitrogens with zero attached hydrogens (tertiary/aromatic N) is 3. The second-order valence-electron chi connectivity index (χ2n) is 7.51. The first-order valence-corrected chi connectivity index (χ1v) is 9.63. The van der Waals surface area contributed by atoms with Crippen molar-refractivity contribution in [2.24, 2.45) is 5.92 Å². The summed E-state index contributed by atoms with van der Waals surface area (Å²) in [4.78, 5) is 43.6. The van der Waals surface area contributed by atoms with Crippen molar-refractivity contribution < 1.29 is 19.5 Å². The summed E-state index contributed by atoms with van der Waals surface area (Å²) in [5, 5.41) is 9.18. The molecule has 1 fully saturated rings. The number of piperidine rings is 1. The Balaban J connectivity index is 1.68. The zero-order valence-electron chi connectivity index (χ0n) is 16.7. The van der Waals surface area contributed by atoms with E-state index < -0.39 is 11.9 Å². The monoisotopic (exact) mass is 395 g/mol. The van der Waals surface area contributed by atoms with Crippen molar-refractivity contribution in [1.29, 1.82) is 0 Å². The number of carboxylic acid groups (broad SMARTS) is 1. The van der Waals surface area contributed by atoms with E-state index in [1.54, 1.807) is 19.3 Å². The van der Waals surface area contributed by atoms with Crippen LogP contribution in [0, 0.1) is 12.8 Å². The van der Waals surface area contributed by atoms with Crippen LogP contribution in [0.25, 0.3) is 11.1 Å². The Bertz CT molecular complexity index is 928. The van der Waals surface area contributed by atoms with Crippen LogP contribution in [-0.2, 0) is 9.59 Å². The van der Waals surface area contributed by atoms with Crippen LogP contribution in [0.15, 0.2) is 42.7 Å². The molecule has 3 rings (SSSR count). The summed E-state index contributed by atoms with van der Waals surface area (Å²) in [7, 11) is 1.57. The Morgan fingerprint density at radius 1 is 1.21 bits per heavy atom. The van der Waals surface area contributed by atoms with Crippen LogP contribution in [0.2, 0.25) is 0 Å². The number of aromatic nitrogens is 1. The van der Waals surface area contributed by atoms with E-state index in [1.165, 1.54) is 16.0 Å². The Morgan fingerprint density at radius 3 is 2.72 bits per heavy atom. The lowest BCUT2D eigenvalue weighted by Crippen LogP contribution is -2.46. The minimum absolute atomic E-state index is 0.0974. The highest BCUT2D eigenvalue weighted by Gasteiger charge is 2.29. The first kappa shape index (κ1) is 20.5. The predicted molar refractivity (Wildman–Crippen MR) is 108 cm³/mol. The van der Waals surface area contributed by atoms with Crippen LogP contribution < -0.4 is 0 Å². The number of hydrogen-bond donors (Lipinski definition) is 1. The van der Waals surface area contributed by atoms with E-state index in [0.717, 1.165) is 16.7 Å². The molecule has 1 aromatic carbocycles. The maximum atomic E-state index is 12.8. The Kier molecular flexibility index (Phi) is 6.26. The molecule has 152 valence electrons. The number of carboxylic acids is 1. The summed E-state index contributed by atoms with van der Waals surface area (Å²) in [6.07, 6.45) is 4.43. The van der Waals surface area contributed by atoms with Gasteiger partial charge in [-0.3, -0.25) is 19.4 Å². The number of benzene rings is 1. The van der Waals surface area contributed by atoms with E-state index >= 15 is 0 Å². The number of carbonyl (C=O) groups excluding carboxylic acids is 2. The number of aryl methyl sites for hydroxylation is 1. The molecule has 1 aliphatic rings. The maximum Gasteiger partial charge on any atom is 0.308 e. The lowest BCUT2D eigenvalue weighted by molar-refractivity contribution is -0.145. The molecule has 0 spiro atoms. The number of pyridine rings is 1. The van der Waals surface area contributed by atoms with E-state index in [0.29, 0.717) is 24.9 Å². The lowest BCUT2D eigenvalue weighted by Gasteiger charge is -2.32. The van der Waals surface area contributed by atoms with Crippen LogP contribution in [0.1, 0.15) is 28.8 Å². The molecule has 1 aliphatic heterocycles. The molecule has 0 bridgehead atoms. The maximum absolute atomic E-state index is 12.8. The molecule has 29 heavy (non-hydrogen) atoms. The summed E-state index contributed by atoms with van der Waals surface area (Å²) < 4.78 is 0. The van der Waals surface area contributed by atoms with Gasteiger partial charge < -0.3 is 14.9 Å². The molecule has 0 saturated carbocycles. The van der Waals surface area contributed by atoms with Crippen molar-refractivity contribution in [3.63, 3.8) is 0 Å². The van der Waals surface area contributed by atoms with E-state index in [1.807, 2.05) is 31.2 Å². The molecule has 1 aromatic heterocycles. The normalized spacial score (nSPS) is 16.3. The van der Waals surface area contributed by atoms with Crippen LogP contribution in [-0.4, -0.2) is 64.4 Å². The van der Waals surface area contributed by atoms with Gasteiger partial charge in [0.15, 0.2) is 0 Å². The summed E-state index contributed by atoms with van der Waals surface area (Å²) in [5.41, 5.74) is 3.32. The fourth-order valence-electron chi connectivity index (χ4n) is 3.54. The molecule has 0 radical (unpaired) electrons. The molecule has 2 aromatic rings. The van der Waals surface area contributed by atoms with E-state index in [4.69, 9.17) is 0 Å². The average molecular weight is 395 g/mol. The zero-order chi connectivity index (χ0) is 21.0. The van der Waals surface area contributed by atoms with Gasteiger partial charge in [0.25, 0.3) is 5.91 Å². The van der Waals surface area contributed by atoms with Gasteiger partial charge in [0.2, 0.25) is 5.91 Å². The Labute approximate surface area is 170 Å². The number of likely N-dealkylation sites (N-methyl/N-ethyl adjacent to an activating group) is 1. The highest BCUT2D eigenvalue weighted by atomic mass is 16.4. The van der Waals surface area contributed by atoms with Crippen molar-refractivity contribution >= 4 is 17.8 Å². The summed E-state index contributed by atoms with van der Waals surface area (Å²) in [5.74, 6) is -1.96. The number of amides is 2. The van der Waals surface area contributed by atoms with Gasteiger partial charge in [0.05, 0.1) is 18.0 Å². The van der Waals surface area contributed by atoms with Crippen molar-refractivity contribution in [3.8, 4) is 11.1 Å². The predicted octanol–water partition coefficient (Wildman–Crippen LogP) is 2.45. The van der Waals surface area contributed by atoms with E-state index in [9.17, 15) is 19.5 Å². The van der Waals surface area contributed by atoms with Crippen molar-refractivity contribution in [3.05, 3.63) is 53.9 Å². The van der Waals surface area contributed by atoms with Gasteiger partial charge in [-0.1, -0.05) is 29.8 Å². The molecule has 2 heterocycles. The Morgan fingerprint density at radius 2 is 2.00 bits per heavy atom. The van der Waals surface area contributed by atoms with Gasteiger partial charge in [-0.05, 0) is 31.4 Å². The summed E-state index contributed by atoms with van der Waals surface area (Å²) >= 11 is 0. The molecule has 7 heteroatoms. The van der Waals surface area contributed by atoms with Gasteiger partial charge in [0.1, 0.15) is 0 Å². The number of aliphatic carboxylic acids is 1. The number of carbonyl (C=O) groups is 3. The smallest absolute Gasteiger partial charge is 0.308 e. The highest BCUT2D eigenvalue weighted by molar-refractivity contribution is 5.97. The van der Waals surface area contributed by atoms with Crippen LogP contribution in [0.5, 0.6) is 0 Å². The largest absolute Gasteiger partial charge is 0.481 e. The minimum Gasteiger partial charge on any atom is -0.481 e. The molecule has 0 aliphatic carbocycles. The van der Waals surface area contributed by atoms with E-state index in [2.05, 4.69) is 4.98 Å². The van der Waals surface area contributed by atoms with Crippen molar-refractivity contribution in [2.45, 2.75) is 19.8 Å². The molecule has 1 atom stereocenters. The van der Waals surface area contributed by atoms with Crippen LogP contribution in [0.3, 0.4) is 0 Å². The highest BCUT2D eigenvalue weighted by Crippen LogP contribution is 2.21. The molecular formula is C22H25N3O4. The zero-order valence-corrected chi connectivity index (χ0v) is 16.7. The molecule has 1 saturated heterocycles. The van der Waals surface area contributed by atoms with Gasteiger partial charge in [-0.15, -0.1) is 0 Å². The third-order valence-electron chi connectivity index (χ3n) is 5.18. The van der Waals surface area contributed by atoms with Gasteiger partial charge in [-0.2, -0.15) is 0 Å². The average Bonchev–Trinajstić information content (AvgIpc) is 2.73. The third kappa shape index (κ3) is 4.99. The summed E-state index contributed by atoms with van der Waals surface area (Å²) in [6, 6.07) is 9.70. The van der Waals surface area contributed by atoms with Gasteiger partial charge >= 0.3 is 5.97 Å². The number of rotatable bonds is 5. The Hall–Kier alpha value is -3.22. The lowest BCUT2D eigenvalue weighted by atomic mass is 9.98.